The largest absolute Gasteiger partial charge is 0.504 e. The van der Waals surface area contributed by atoms with Crippen LogP contribution in [0.1, 0.15) is 10.5 Å². The SMILES string of the molecule is COC(=O)c1[nH]c(=O)c2cccnc2c1O.Cl. The van der Waals surface area contributed by atoms with Crippen LogP contribution in [-0.4, -0.2) is 28.2 Å². The van der Waals surface area contributed by atoms with Crippen LogP contribution in [0, 0.1) is 0 Å². The lowest BCUT2D eigenvalue weighted by Gasteiger charge is -2.04. The van der Waals surface area contributed by atoms with Gasteiger partial charge in [0.2, 0.25) is 0 Å². The number of aromatic hydroxyl groups is 1. The zero-order chi connectivity index (χ0) is 11.7. The van der Waals surface area contributed by atoms with E-state index >= 15 is 0 Å². The van der Waals surface area contributed by atoms with Gasteiger partial charge < -0.3 is 14.8 Å². The van der Waals surface area contributed by atoms with Gasteiger partial charge in [-0.1, -0.05) is 0 Å². The van der Waals surface area contributed by atoms with Crippen LogP contribution >= 0.6 is 12.4 Å². The second-order valence-corrected chi connectivity index (χ2v) is 3.07. The average molecular weight is 257 g/mol. The second kappa shape index (κ2) is 4.84. The first kappa shape index (κ1) is 13.0. The number of ether oxygens (including phenoxy) is 1. The van der Waals surface area contributed by atoms with Crippen molar-refractivity contribution in [1.82, 2.24) is 9.97 Å². The van der Waals surface area contributed by atoms with Crippen molar-refractivity contribution in [3.63, 3.8) is 0 Å². The summed E-state index contributed by atoms with van der Waals surface area (Å²) in [5.74, 6) is -1.20. The number of aromatic nitrogens is 2. The van der Waals surface area contributed by atoms with Crippen LogP contribution < -0.4 is 5.56 Å². The molecule has 0 unspecified atom stereocenters. The number of hydrogen-bond donors (Lipinski definition) is 2. The van der Waals surface area contributed by atoms with Crippen LogP contribution in [-0.2, 0) is 4.74 Å². The van der Waals surface area contributed by atoms with E-state index in [9.17, 15) is 14.7 Å². The fraction of sp³-hybridized carbons (Fsp3) is 0.100. The minimum Gasteiger partial charge on any atom is -0.504 e. The molecule has 2 heterocycles. The number of esters is 1. The number of nitrogens with zero attached hydrogens (tertiary/aromatic N) is 1. The molecular weight excluding hydrogens is 248 g/mol. The summed E-state index contributed by atoms with van der Waals surface area (Å²) in [6.45, 7) is 0. The highest BCUT2D eigenvalue weighted by atomic mass is 35.5. The number of hydrogen-bond acceptors (Lipinski definition) is 5. The van der Waals surface area contributed by atoms with Gasteiger partial charge in [-0.15, -0.1) is 12.4 Å². The lowest BCUT2D eigenvalue weighted by molar-refractivity contribution is 0.0590. The third-order valence-corrected chi connectivity index (χ3v) is 2.14. The number of methoxy groups -OCH3 is 1. The molecule has 6 nitrogen and oxygen atoms in total. The van der Waals surface area contributed by atoms with Crippen molar-refractivity contribution in [2.75, 3.05) is 7.11 Å². The Bertz CT molecular complexity index is 623. The minimum absolute atomic E-state index is 0. The zero-order valence-corrected chi connectivity index (χ0v) is 9.58. The summed E-state index contributed by atoms with van der Waals surface area (Å²) in [4.78, 5) is 28.9. The molecule has 2 aromatic heterocycles. The molecule has 0 aliphatic heterocycles. The zero-order valence-electron chi connectivity index (χ0n) is 8.76. The van der Waals surface area contributed by atoms with E-state index in [1.54, 1.807) is 6.07 Å². The van der Waals surface area contributed by atoms with Gasteiger partial charge in [0.25, 0.3) is 5.56 Å². The Morgan fingerprint density at radius 1 is 1.53 bits per heavy atom. The fourth-order valence-electron chi connectivity index (χ4n) is 1.39. The number of carbonyl (C=O) groups is 1. The molecule has 0 aliphatic carbocycles. The Hall–Kier alpha value is -2.08. The van der Waals surface area contributed by atoms with Gasteiger partial charge in [0.1, 0.15) is 5.52 Å². The molecule has 0 radical (unpaired) electrons. The average Bonchev–Trinajstić information content (AvgIpc) is 2.33. The summed E-state index contributed by atoms with van der Waals surface area (Å²) in [6, 6.07) is 3.07. The highest BCUT2D eigenvalue weighted by Gasteiger charge is 2.17. The van der Waals surface area contributed by atoms with E-state index in [0.29, 0.717) is 0 Å². The molecule has 0 spiro atoms. The standard InChI is InChI=1S/C10H8N2O4.ClH/c1-16-10(15)7-8(13)6-5(9(14)12-7)3-2-4-11-6;/h2-4,13H,1H3,(H,12,14);1H. The van der Waals surface area contributed by atoms with E-state index in [1.165, 1.54) is 12.3 Å². The van der Waals surface area contributed by atoms with Crippen LogP contribution in [0.3, 0.4) is 0 Å². The van der Waals surface area contributed by atoms with Gasteiger partial charge in [0.05, 0.1) is 12.5 Å². The van der Waals surface area contributed by atoms with Crippen molar-refractivity contribution in [2.45, 2.75) is 0 Å². The minimum atomic E-state index is -0.817. The Balaban J connectivity index is 0.00000144. The van der Waals surface area contributed by atoms with Crippen molar-refractivity contribution < 1.29 is 14.6 Å². The van der Waals surface area contributed by atoms with E-state index in [0.717, 1.165) is 7.11 Å². The summed E-state index contributed by atoms with van der Waals surface area (Å²) < 4.78 is 4.42. The number of fused-ring (bicyclic) bond motifs is 1. The van der Waals surface area contributed by atoms with Gasteiger partial charge in [-0.3, -0.25) is 9.78 Å². The maximum atomic E-state index is 11.6. The molecule has 2 aromatic rings. The third kappa shape index (κ3) is 2.07. The number of aromatic amines is 1. The normalized spacial score (nSPS) is 9.71. The number of H-pyrrole nitrogens is 1. The Labute approximate surface area is 102 Å². The smallest absolute Gasteiger partial charge is 0.358 e. The van der Waals surface area contributed by atoms with Crippen LogP contribution in [0.15, 0.2) is 23.1 Å². The van der Waals surface area contributed by atoms with E-state index in [2.05, 4.69) is 14.7 Å². The lowest BCUT2D eigenvalue weighted by atomic mass is 10.2. The maximum Gasteiger partial charge on any atom is 0.358 e. The molecule has 17 heavy (non-hydrogen) atoms. The molecule has 2 rings (SSSR count). The molecule has 7 heteroatoms. The summed E-state index contributed by atoms with van der Waals surface area (Å²) in [5, 5.41) is 9.96. The van der Waals surface area contributed by atoms with Crippen molar-refractivity contribution in [3.8, 4) is 5.75 Å². The third-order valence-electron chi connectivity index (χ3n) is 2.14. The first-order chi connectivity index (χ1) is 7.65. The first-order valence-corrected chi connectivity index (χ1v) is 4.43. The first-order valence-electron chi connectivity index (χ1n) is 4.43. The lowest BCUT2D eigenvalue weighted by Crippen LogP contribution is -2.15. The molecule has 0 aromatic carbocycles. The molecule has 0 bridgehead atoms. The summed E-state index contributed by atoms with van der Waals surface area (Å²) in [7, 11) is 1.16. The molecule has 90 valence electrons. The van der Waals surface area contributed by atoms with Gasteiger partial charge in [0, 0.05) is 6.20 Å². The topological polar surface area (TPSA) is 92.3 Å². The summed E-state index contributed by atoms with van der Waals surface area (Å²) >= 11 is 0. The van der Waals surface area contributed by atoms with Gasteiger partial charge >= 0.3 is 5.97 Å². The van der Waals surface area contributed by atoms with Gasteiger partial charge in [-0.25, -0.2) is 4.79 Å². The number of nitrogens with one attached hydrogen (secondary N) is 1. The van der Waals surface area contributed by atoms with Crippen LogP contribution in [0.25, 0.3) is 10.9 Å². The quantitative estimate of drug-likeness (QED) is 0.738. The number of halogens is 1. The highest BCUT2D eigenvalue weighted by molar-refractivity contribution is 5.97. The highest BCUT2D eigenvalue weighted by Crippen LogP contribution is 2.22. The molecular formula is C10H9ClN2O4. The Morgan fingerprint density at radius 2 is 2.24 bits per heavy atom. The molecule has 0 saturated heterocycles. The maximum absolute atomic E-state index is 11.6. The molecule has 0 atom stereocenters. The monoisotopic (exact) mass is 256 g/mol. The van der Waals surface area contributed by atoms with Crippen molar-refractivity contribution in [2.24, 2.45) is 0 Å². The van der Waals surface area contributed by atoms with E-state index < -0.39 is 11.5 Å². The molecule has 0 saturated carbocycles. The Kier molecular flexibility index (Phi) is 3.69. The van der Waals surface area contributed by atoms with Crippen LogP contribution in [0.4, 0.5) is 0 Å². The van der Waals surface area contributed by atoms with E-state index in [1.807, 2.05) is 0 Å². The second-order valence-electron chi connectivity index (χ2n) is 3.07. The van der Waals surface area contributed by atoms with Gasteiger partial charge in [0.15, 0.2) is 11.4 Å². The predicted molar refractivity (Wildman–Crippen MR) is 62.6 cm³/mol. The molecule has 0 fully saturated rings. The van der Waals surface area contributed by atoms with Crippen molar-refractivity contribution in [1.29, 1.82) is 0 Å². The van der Waals surface area contributed by atoms with Gasteiger partial charge in [-0.05, 0) is 12.1 Å². The predicted octanol–water partition coefficient (Wildman–Crippen LogP) is 0.837. The molecule has 2 N–H and O–H groups in total. The fourth-order valence-corrected chi connectivity index (χ4v) is 1.39. The number of rotatable bonds is 1. The van der Waals surface area contributed by atoms with E-state index in [4.69, 9.17) is 0 Å². The molecule has 0 aliphatic rings. The molecule has 0 amide bonds. The van der Waals surface area contributed by atoms with Crippen LogP contribution in [0.5, 0.6) is 5.75 Å². The summed E-state index contributed by atoms with van der Waals surface area (Å²) in [6.07, 6.45) is 1.42. The van der Waals surface area contributed by atoms with Gasteiger partial charge in [-0.2, -0.15) is 0 Å². The van der Waals surface area contributed by atoms with Crippen LogP contribution in [0.2, 0.25) is 0 Å². The summed E-state index contributed by atoms with van der Waals surface area (Å²) in [5.41, 5.74) is -0.716. The number of carbonyl (C=O) groups excluding carboxylic acids is 1. The van der Waals surface area contributed by atoms with Crippen molar-refractivity contribution >= 4 is 29.3 Å². The Morgan fingerprint density at radius 3 is 2.88 bits per heavy atom. The van der Waals surface area contributed by atoms with Crippen molar-refractivity contribution in [3.05, 3.63) is 34.4 Å². The number of pyridine rings is 2. The van der Waals surface area contributed by atoms with E-state index in [-0.39, 0.29) is 34.8 Å².